The van der Waals surface area contributed by atoms with Crippen molar-refractivity contribution in [3.8, 4) is 0 Å². The van der Waals surface area contributed by atoms with Crippen LogP contribution >= 0.6 is 11.6 Å². The van der Waals surface area contributed by atoms with Crippen LogP contribution in [0.1, 0.15) is 24.4 Å². The molecule has 1 aliphatic carbocycles. The van der Waals surface area contributed by atoms with Crippen molar-refractivity contribution in [1.29, 1.82) is 0 Å². The van der Waals surface area contributed by atoms with E-state index in [9.17, 15) is 0 Å². The number of hydrogen-bond acceptors (Lipinski definition) is 3. The van der Waals surface area contributed by atoms with Gasteiger partial charge in [-0.15, -0.1) is 0 Å². The highest BCUT2D eigenvalue weighted by molar-refractivity contribution is 6.29. The molecule has 0 atom stereocenters. The number of hydrogen-bond donors (Lipinski definition) is 1. The van der Waals surface area contributed by atoms with Crippen LogP contribution < -0.4 is 5.32 Å². The Morgan fingerprint density at radius 3 is 2.94 bits per heavy atom. The van der Waals surface area contributed by atoms with Gasteiger partial charge >= 0.3 is 0 Å². The molecule has 1 aliphatic rings. The molecular formula is C12H16ClN5. The number of aromatic nitrogens is 4. The molecule has 0 aliphatic heterocycles. The molecule has 0 bridgehead atoms. The summed E-state index contributed by atoms with van der Waals surface area (Å²) in [6.45, 7) is 1.54. The predicted octanol–water partition coefficient (Wildman–Crippen LogP) is 1.57. The number of imidazole rings is 2. The second-order valence-electron chi connectivity index (χ2n) is 4.75. The second-order valence-corrected chi connectivity index (χ2v) is 5.14. The van der Waals surface area contributed by atoms with E-state index in [1.54, 1.807) is 6.20 Å². The van der Waals surface area contributed by atoms with Crippen molar-refractivity contribution in [3.63, 3.8) is 0 Å². The molecule has 0 unspecified atom stereocenters. The van der Waals surface area contributed by atoms with Crippen LogP contribution in [-0.4, -0.2) is 25.1 Å². The quantitative estimate of drug-likeness (QED) is 0.893. The van der Waals surface area contributed by atoms with E-state index in [1.165, 1.54) is 12.8 Å². The lowest BCUT2D eigenvalue weighted by Crippen LogP contribution is -2.15. The molecule has 0 amide bonds. The first-order valence-corrected chi connectivity index (χ1v) is 6.50. The van der Waals surface area contributed by atoms with E-state index < -0.39 is 0 Å². The molecule has 5 nitrogen and oxygen atoms in total. The molecule has 1 N–H and O–H groups in total. The fourth-order valence-corrected chi connectivity index (χ4v) is 2.00. The average Bonchev–Trinajstić information content (AvgIpc) is 3.02. The molecule has 2 aromatic heterocycles. The summed E-state index contributed by atoms with van der Waals surface area (Å²) in [5.74, 6) is 0.930. The highest BCUT2D eigenvalue weighted by Gasteiger charge is 2.20. The van der Waals surface area contributed by atoms with Gasteiger partial charge < -0.3 is 14.5 Å². The largest absolute Gasteiger partial charge is 0.330 e. The first-order chi connectivity index (χ1) is 8.72. The van der Waals surface area contributed by atoms with Gasteiger partial charge in [0.05, 0.1) is 24.8 Å². The van der Waals surface area contributed by atoms with Crippen molar-refractivity contribution in [2.45, 2.75) is 32.0 Å². The number of rotatable bonds is 5. The Bertz CT molecular complexity index is 540. The van der Waals surface area contributed by atoms with Gasteiger partial charge in [-0.25, -0.2) is 9.97 Å². The van der Waals surface area contributed by atoms with E-state index in [4.69, 9.17) is 11.6 Å². The highest BCUT2D eigenvalue weighted by atomic mass is 35.5. The molecule has 3 rings (SSSR count). The van der Waals surface area contributed by atoms with Crippen LogP contribution in [0.25, 0.3) is 0 Å². The lowest BCUT2D eigenvalue weighted by Gasteiger charge is -2.03. The third kappa shape index (κ3) is 2.57. The van der Waals surface area contributed by atoms with Crippen molar-refractivity contribution in [2.75, 3.05) is 0 Å². The van der Waals surface area contributed by atoms with Crippen LogP contribution in [0.5, 0.6) is 0 Å². The van der Waals surface area contributed by atoms with Crippen LogP contribution in [-0.2, 0) is 20.1 Å². The topological polar surface area (TPSA) is 47.7 Å². The Balaban J connectivity index is 1.63. The summed E-state index contributed by atoms with van der Waals surface area (Å²) < 4.78 is 3.91. The van der Waals surface area contributed by atoms with Gasteiger partial charge in [-0.05, 0) is 12.8 Å². The monoisotopic (exact) mass is 265 g/mol. The Kier molecular flexibility index (Phi) is 3.09. The molecule has 6 heteroatoms. The SMILES string of the molecule is Cn1c(Cl)cnc1Cn1cnc(CNC2CC2)c1. The van der Waals surface area contributed by atoms with Crippen molar-refractivity contribution >= 4 is 11.6 Å². The molecule has 18 heavy (non-hydrogen) atoms. The van der Waals surface area contributed by atoms with E-state index in [0.717, 1.165) is 18.1 Å². The van der Waals surface area contributed by atoms with E-state index in [1.807, 2.05) is 22.5 Å². The van der Waals surface area contributed by atoms with Gasteiger partial charge in [-0.3, -0.25) is 0 Å². The zero-order chi connectivity index (χ0) is 12.5. The Hall–Kier alpha value is -1.33. The molecule has 2 aromatic rings. The maximum absolute atomic E-state index is 5.96. The fraction of sp³-hybridized carbons (Fsp3) is 0.500. The normalized spacial score (nSPS) is 15.2. The summed E-state index contributed by atoms with van der Waals surface area (Å²) in [4.78, 5) is 8.65. The lowest BCUT2D eigenvalue weighted by molar-refractivity contribution is 0.673. The van der Waals surface area contributed by atoms with Crippen molar-refractivity contribution in [3.05, 3.63) is 35.4 Å². The molecule has 0 spiro atoms. The van der Waals surface area contributed by atoms with Crippen LogP contribution in [0.4, 0.5) is 0 Å². The van der Waals surface area contributed by atoms with Crippen LogP contribution in [0.3, 0.4) is 0 Å². The van der Waals surface area contributed by atoms with E-state index in [0.29, 0.717) is 17.7 Å². The Morgan fingerprint density at radius 2 is 2.28 bits per heavy atom. The molecule has 1 saturated carbocycles. The summed E-state index contributed by atoms with van der Waals surface area (Å²) >= 11 is 5.96. The minimum Gasteiger partial charge on any atom is -0.330 e. The smallest absolute Gasteiger partial charge is 0.129 e. The summed E-state index contributed by atoms with van der Waals surface area (Å²) in [6.07, 6.45) is 8.16. The fourth-order valence-electron chi connectivity index (χ4n) is 1.85. The van der Waals surface area contributed by atoms with E-state index >= 15 is 0 Å². The van der Waals surface area contributed by atoms with Crippen LogP contribution in [0, 0.1) is 0 Å². The molecule has 0 saturated heterocycles. The number of nitrogens with zero attached hydrogens (tertiary/aromatic N) is 4. The third-order valence-electron chi connectivity index (χ3n) is 3.19. The molecule has 96 valence electrons. The molecule has 2 heterocycles. The average molecular weight is 266 g/mol. The Labute approximate surface area is 111 Å². The minimum absolute atomic E-state index is 0.653. The Morgan fingerprint density at radius 1 is 1.44 bits per heavy atom. The first-order valence-electron chi connectivity index (χ1n) is 6.12. The van der Waals surface area contributed by atoms with Gasteiger partial charge in [0, 0.05) is 25.8 Å². The number of nitrogens with one attached hydrogen (secondary N) is 1. The summed E-state index contributed by atoms with van der Waals surface area (Å²) in [5, 5.41) is 4.10. The predicted molar refractivity (Wildman–Crippen MR) is 69.4 cm³/mol. The standard InChI is InChI=1S/C12H16ClN5/c1-17-11(13)5-15-12(17)7-18-6-10(16-8-18)4-14-9-2-3-9/h5-6,8-9,14H,2-4,7H2,1H3. The zero-order valence-electron chi connectivity index (χ0n) is 10.3. The molecular weight excluding hydrogens is 250 g/mol. The van der Waals surface area contributed by atoms with Gasteiger partial charge in [0.1, 0.15) is 11.0 Å². The van der Waals surface area contributed by atoms with Crippen LogP contribution in [0.2, 0.25) is 5.15 Å². The van der Waals surface area contributed by atoms with Gasteiger partial charge in [-0.2, -0.15) is 0 Å². The third-order valence-corrected chi connectivity index (χ3v) is 3.54. The van der Waals surface area contributed by atoms with E-state index in [-0.39, 0.29) is 0 Å². The second kappa shape index (κ2) is 4.74. The van der Waals surface area contributed by atoms with Crippen molar-refractivity contribution in [1.82, 2.24) is 24.4 Å². The van der Waals surface area contributed by atoms with Crippen LogP contribution in [0.15, 0.2) is 18.7 Å². The maximum Gasteiger partial charge on any atom is 0.129 e. The molecule has 0 radical (unpaired) electrons. The van der Waals surface area contributed by atoms with Gasteiger partial charge in [0.15, 0.2) is 0 Å². The molecule has 0 aromatic carbocycles. The molecule has 1 fully saturated rings. The lowest BCUT2D eigenvalue weighted by atomic mass is 10.4. The number of halogens is 1. The summed E-state index contributed by atoms with van der Waals surface area (Å²) in [5.41, 5.74) is 1.07. The first kappa shape index (κ1) is 11.7. The van der Waals surface area contributed by atoms with Gasteiger partial charge in [0.2, 0.25) is 0 Å². The minimum atomic E-state index is 0.653. The van der Waals surface area contributed by atoms with Crippen molar-refractivity contribution < 1.29 is 0 Å². The summed E-state index contributed by atoms with van der Waals surface area (Å²) in [7, 11) is 1.91. The van der Waals surface area contributed by atoms with Crippen molar-refractivity contribution in [2.24, 2.45) is 7.05 Å². The van der Waals surface area contributed by atoms with Gasteiger partial charge in [0.25, 0.3) is 0 Å². The van der Waals surface area contributed by atoms with E-state index in [2.05, 4.69) is 21.5 Å². The van der Waals surface area contributed by atoms with Gasteiger partial charge in [-0.1, -0.05) is 11.6 Å². The zero-order valence-corrected chi connectivity index (χ0v) is 11.1. The summed E-state index contributed by atoms with van der Waals surface area (Å²) in [6, 6.07) is 0.712. The maximum atomic E-state index is 5.96. The highest BCUT2D eigenvalue weighted by Crippen LogP contribution is 2.19.